The summed E-state index contributed by atoms with van der Waals surface area (Å²) in [5.41, 5.74) is 0. The summed E-state index contributed by atoms with van der Waals surface area (Å²) in [4.78, 5) is 10.9. The largest absolute Gasteiger partial charge is 0.469 e. The Morgan fingerprint density at radius 1 is 0.889 bits per heavy atom. The minimum Gasteiger partial charge on any atom is -0.469 e. The van der Waals surface area contributed by atoms with Gasteiger partial charge in [-0.1, -0.05) is 51.2 Å². The van der Waals surface area contributed by atoms with E-state index in [1.807, 2.05) is 0 Å². The molecule has 0 rings (SSSR count). The van der Waals surface area contributed by atoms with Gasteiger partial charge in [0.25, 0.3) is 0 Å². The molecular weight excluding hydrogens is 224 g/mol. The van der Waals surface area contributed by atoms with Gasteiger partial charge in [-0.15, -0.1) is 0 Å². The fourth-order valence-electron chi connectivity index (χ4n) is 1.91. The highest BCUT2D eigenvalue weighted by Gasteiger charge is 1.98. The molecule has 0 radical (unpaired) electrons. The molecule has 0 aromatic heterocycles. The van der Waals surface area contributed by atoms with E-state index in [-0.39, 0.29) is 5.97 Å². The van der Waals surface area contributed by atoms with Gasteiger partial charge in [0.15, 0.2) is 0 Å². The van der Waals surface area contributed by atoms with E-state index in [1.54, 1.807) is 0 Å². The van der Waals surface area contributed by atoms with Crippen LogP contribution in [-0.2, 0) is 9.53 Å². The number of ether oxygens (including phenoxy) is 1. The number of esters is 1. The number of carbonyl (C=O) groups is 1. The van der Waals surface area contributed by atoms with Gasteiger partial charge >= 0.3 is 5.97 Å². The SMILES string of the molecule is CCCCCC/C=C\CCCCCCC(=O)OC. The van der Waals surface area contributed by atoms with Crippen molar-refractivity contribution in [3.8, 4) is 0 Å². The van der Waals surface area contributed by atoms with Gasteiger partial charge in [0, 0.05) is 6.42 Å². The Kier molecular flexibility index (Phi) is 13.6. The summed E-state index contributed by atoms with van der Waals surface area (Å²) in [6.45, 7) is 2.25. The van der Waals surface area contributed by atoms with E-state index in [0.717, 1.165) is 12.8 Å². The average molecular weight is 254 g/mol. The lowest BCUT2D eigenvalue weighted by molar-refractivity contribution is -0.140. The van der Waals surface area contributed by atoms with Gasteiger partial charge in [-0.25, -0.2) is 0 Å². The summed E-state index contributed by atoms with van der Waals surface area (Å²) in [6, 6.07) is 0. The van der Waals surface area contributed by atoms with E-state index in [0.29, 0.717) is 6.42 Å². The summed E-state index contributed by atoms with van der Waals surface area (Å²) < 4.78 is 4.60. The van der Waals surface area contributed by atoms with Crippen molar-refractivity contribution in [3.05, 3.63) is 12.2 Å². The van der Waals surface area contributed by atoms with Crippen LogP contribution in [0.5, 0.6) is 0 Å². The molecule has 18 heavy (non-hydrogen) atoms. The Morgan fingerprint density at radius 3 is 2.00 bits per heavy atom. The van der Waals surface area contributed by atoms with Crippen LogP contribution < -0.4 is 0 Å². The molecule has 0 atom stereocenters. The Bertz CT molecular complexity index is 209. The Morgan fingerprint density at radius 2 is 1.44 bits per heavy atom. The minimum atomic E-state index is -0.0815. The summed E-state index contributed by atoms with van der Waals surface area (Å²) >= 11 is 0. The van der Waals surface area contributed by atoms with Crippen LogP contribution in [0.1, 0.15) is 77.6 Å². The molecule has 0 amide bonds. The number of methoxy groups -OCH3 is 1. The third kappa shape index (κ3) is 13.3. The molecule has 0 saturated carbocycles. The van der Waals surface area contributed by atoms with Crippen LogP contribution in [0, 0.1) is 0 Å². The standard InChI is InChI=1S/C16H30O2/c1-3-4-5-6-7-8-9-10-11-12-13-14-15-16(17)18-2/h8-9H,3-7,10-15H2,1-2H3/b9-8-. The normalized spacial score (nSPS) is 11.0. The molecule has 0 spiro atoms. The first-order chi connectivity index (χ1) is 8.81. The second-order valence-electron chi connectivity index (χ2n) is 4.85. The molecule has 0 aliphatic heterocycles. The van der Waals surface area contributed by atoms with Crippen molar-refractivity contribution < 1.29 is 9.53 Å². The molecule has 0 aliphatic carbocycles. The summed E-state index contributed by atoms with van der Waals surface area (Å²) in [6.07, 6.45) is 17.6. The van der Waals surface area contributed by atoms with Crippen LogP contribution in [0.25, 0.3) is 0 Å². The predicted molar refractivity (Wildman–Crippen MR) is 77.6 cm³/mol. The highest BCUT2D eigenvalue weighted by Crippen LogP contribution is 2.08. The fourth-order valence-corrected chi connectivity index (χ4v) is 1.91. The summed E-state index contributed by atoms with van der Waals surface area (Å²) in [5.74, 6) is -0.0815. The lowest BCUT2D eigenvalue weighted by atomic mass is 10.1. The zero-order valence-electron chi connectivity index (χ0n) is 12.2. The van der Waals surface area contributed by atoms with Crippen molar-refractivity contribution in [1.29, 1.82) is 0 Å². The summed E-state index contributed by atoms with van der Waals surface area (Å²) in [5, 5.41) is 0. The maximum absolute atomic E-state index is 10.9. The predicted octanol–water partition coefficient (Wildman–Crippen LogP) is 5.03. The molecule has 0 bridgehead atoms. The van der Waals surface area contributed by atoms with Gasteiger partial charge in [-0.05, 0) is 32.1 Å². The van der Waals surface area contributed by atoms with E-state index in [2.05, 4.69) is 23.8 Å². The van der Waals surface area contributed by atoms with E-state index in [4.69, 9.17) is 0 Å². The lowest BCUT2D eigenvalue weighted by Gasteiger charge is -1.99. The Labute approximate surface area is 113 Å². The number of unbranched alkanes of at least 4 members (excludes halogenated alkanes) is 8. The molecule has 2 nitrogen and oxygen atoms in total. The molecule has 0 N–H and O–H groups in total. The molecule has 0 fully saturated rings. The van der Waals surface area contributed by atoms with E-state index in [1.165, 1.54) is 58.5 Å². The van der Waals surface area contributed by atoms with Gasteiger partial charge < -0.3 is 4.74 Å². The number of hydrogen-bond acceptors (Lipinski definition) is 2. The molecule has 0 aromatic rings. The third-order valence-electron chi connectivity index (χ3n) is 3.12. The number of allylic oxidation sites excluding steroid dienone is 2. The molecule has 106 valence electrons. The number of carbonyl (C=O) groups excluding carboxylic acids is 1. The van der Waals surface area contributed by atoms with Crippen molar-refractivity contribution in [2.45, 2.75) is 77.6 Å². The zero-order chi connectivity index (χ0) is 13.5. The van der Waals surface area contributed by atoms with Crippen molar-refractivity contribution in [3.63, 3.8) is 0 Å². The Balaban J connectivity index is 3.10. The number of hydrogen-bond donors (Lipinski definition) is 0. The van der Waals surface area contributed by atoms with Gasteiger partial charge in [0.1, 0.15) is 0 Å². The minimum absolute atomic E-state index is 0.0815. The first kappa shape index (κ1) is 17.2. The maximum Gasteiger partial charge on any atom is 0.305 e. The molecule has 0 heterocycles. The van der Waals surface area contributed by atoms with Crippen molar-refractivity contribution >= 4 is 5.97 Å². The Hall–Kier alpha value is -0.790. The van der Waals surface area contributed by atoms with Crippen LogP contribution in [0.4, 0.5) is 0 Å². The van der Waals surface area contributed by atoms with Gasteiger partial charge in [-0.2, -0.15) is 0 Å². The molecule has 0 saturated heterocycles. The monoisotopic (exact) mass is 254 g/mol. The van der Waals surface area contributed by atoms with Crippen LogP contribution in [-0.4, -0.2) is 13.1 Å². The topological polar surface area (TPSA) is 26.3 Å². The van der Waals surface area contributed by atoms with Crippen LogP contribution >= 0.6 is 0 Å². The van der Waals surface area contributed by atoms with Crippen LogP contribution in [0.2, 0.25) is 0 Å². The van der Waals surface area contributed by atoms with E-state index < -0.39 is 0 Å². The van der Waals surface area contributed by atoms with Gasteiger partial charge in [-0.3, -0.25) is 4.79 Å². The van der Waals surface area contributed by atoms with E-state index in [9.17, 15) is 4.79 Å². The van der Waals surface area contributed by atoms with Crippen LogP contribution in [0.15, 0.2) is 12.2 Å². The highest BCUT2D eigenvalue weighted by atomic mass is 16.5. The fraction of sp³-hybridized carbons (Fsp3) is 0.812. The number of rotatable bonds is 12. The molecule has 2 heteroatoms. The second kappa shape index (κ2) is 14.3. The first-order valence-electron chi connectivity index (χ1n) is 7.53. The van der Waals surface area contributed by atoms with Crippen molar-refractivity contribution in [1.82, 2.24) is 0 Å². The smallest absolute Gasteiger partial charge is 0.305 e. The van der Waals surface area contributed by atoms with E-state index >= 15 is 0 Å². The third-order valence-corrected chi connectivity index (χ3v) is 3.12. The van der Waals surface area contributed by atoms with Gasteiger partial charge in [0.2, 0.25) is 0 Å². The van der Waals surface area contributed by atoms with Gasteiger partial charge in [0.05, 0.1) is 7.11 Å². The maximum atomic E-state index is 10.9. The molecule has 0 aliphatic rings. The quantitative estimate of drug-likeness (QED) is 0.277. The highest BCUT2D eigenvalue weighted by molar-refractivity contribution is 5.68. The zero-order valence-corrected chi connectivity index (χ0v) is 12.2. The summed E-state index contributed by atoms with van der Waals surface area (Å²) in [7, 11) is 1.45. The van der Waals surface area contributed by atoms with Crippen molar-refractivity contribution in [2.24, 2.45) is 0 Å². The second-order valence-corrected chi connectivity index (χ2v) is 4.85. The van der Waals surface area contributed by atoms with Crippen LogP contribution in [0.3, 0.4) is 0 Å². The van der Waals surface area contributed by atoms with Crippen molar-refractivity contribution in [2.75, 3.05) is 7.11 Å². The molecule has 0 unspecified atom stereocenters. The first-order valence-corrected chi connectivity index (χ1v) is 7.53. The molecule has 0 aromatic carbocycles. The lowest BCUT2D eigenvalue weighted by Crippen LogP contribution is -1.98. The molecular formula is C16H30O2. The average Bonchev–Trinajstić information content (AvgIpc) is 2.39.